The van der Waals surface area contributed by atoms with Gasteiger partial charge in [-0.25, -0.2) is 4.98 Å². The van der Waals surface area contributed by atoms with Crippen LogP contribution in [0.4, 0.5) is 5.82 Å². The number of carbonyl (C=O) groups is 1. The summed E-state index contributed by atoms with van der Waals surface area (Å²) >= 11 is 3.44. The molecule has 0 radical (unpaired) electrons. The Kier molecular flexibility index (Phi) is 3.90. The first-order valence-corrected chi connectivity index (χ1v) is 6.99. The number of pyridine rings is 1. The quantitative estimate of drug-likeness (QED) is 0.892. The third-order valence-corrected chi connectivity index (χ3v) is 3.17. The highest BCUT2D eigenvalue weighted by molar-refractivity contribution is 9.10. The molecule has 0 saturated heterocycles. The second kappa shape index (κ2) is 5.29. The Balaban J connectivity index is 2.30. The van der Waals surface area contributed by atoms with Gasteiger partial charge in [0.15, 0.2) is 0 Å². The smallest absolute Gasteiger partial charge is 0.226 e. The number of carbonyl (C=O) groups excluding carboxylic acids is 1. The van der Waals surface area contributed by atoms with Crippen LogP contribution < -0.4 is 5.32 Å². The lowest BCUT2D eigenvalue weighted by Gasteiger charge is -2.17. The number of halogens is 1. The summed E-state index contributed by atoms with van der Waals surface area (Å²) < 4.78 is 0.972. The maximum absolute atomic E-state index is 12.0. The number of nitrogens with zero attached hydrogens (tertiary/aromatic N) is 1. The first kappa shape index (κ1) is 14.0. The second-order valence-electron chi connectivity index (χ2n) is 5.81. The zero-order valence-electron chi connectivity index (χ0n) is 11.3. The Hall–Kier alpha value is -1.42. The molecular weight excluding hydrogens is 304 g/mol. The fourth-order valence-electron chi connectivity index (χ4n) is 1.90. The minimum atomic E-state index is -0.0325. The van der Waals surface area contributed by atoms with E-state index in [0.717, 1.165) is 15.2 Å². The third-order valence-electron chi connectivity index (χ3n) is 2.68. The van der Waals surface area contributed by atoms with Gasteiger partial charge >= 0.3 is 0 Å². The van der Waals surface area contributed by atoms with Crippen molar-refractivity contribution in [3.05, 3.63) is 34.9 Å². The van der Waals surface area contributed by atoms with Gasteiger partial charge in [0.05, 0.1) is 0 Å². The van der Waals surface area contributed by atoms with Crippen LogP contribution >= 0.6 is 15.9 Å². The fourth-order valence-corrected chi connectivity index (χ4v) is 2.26. The molecule has 0 bridgehead atoms. The molecule has 1 heterocycles. The van der Waals surface area contributed by atoms with Gasteiger partial charge in [0.2, 0.25) is 5.91 Å². The van der Waals surface area contributed by atoms with E-state index in [1.165, 1.54) is 0 Å². The Morgan fingerprint density at radius 1 is 1.32 bits per heavy atom. The Bertz CT molecular complexity index is 617. The monoisotopic (exact) mass is 320 g/mol. The van der Waals surface area contributed by atoms with Gasteiger partial charge in [-0.15, -0.1) is 0 Å². The highest BCUT2D eigenvalue weighted by Crippen LogP contribution is 2.26. The normalized spacial score (nSPS) is 11.6. The number of fused-ring (bicyclic) bond motifs is 1. The summed E-state index contributed by atoms with van der Waals surface area (Å²) in [6, 6.07) is 7.87. The maximum atomic E-state index is 12.0. The van der Waals surface area contributed by atoms with Crippen LogP contribution in [0.3, 0.4) is 0 Å². The molecule has 2 rings (SSSR count). The SMILES string of the molecule is CC(C)(C)CC(=O)Nc1nccc2ccc(Br)cc12. The molecule has 1 aromatic heterocycles. The summed E-state index contributed by atoms with van der Waals surface area (Å²) in [5.74, 6) is 0.612. The van der Waals surface area contributed by atoms with Crippen molar-refractivity contribution >= 4 is 38.4 Å². The minimum Gasteiger partial charge on any atom is -0.310 e. The van der Waals surface area contributed by atoms with Crippen LogP contribution in [0.25, 0.3) is 10.8 Å². The highest BCUT2D eigenvalue weighted by atomic mass is 79.9. The topological polar surface area (TPSA) is 42.0 Å². The van der Waals surface area contributed by atoms with Gasteiger partial charge < -0.3 is 5.32 Å². The number of amides is 1. The minimum absolute atomic E-state index is 0.00697. The largest absolute Gasteiger partial charge is 0.310 e. The van der Waals surface area contributed by atoms with E-state index < -0.39 is 0 Å². The van der Waals surface area contributed by atoms with Gasteiger partial charge in [0.25, 0.3) is 0 Å². The molecule has 0 unspecified atom stereocenters. The van der Waals surface area contributed by atoms with Crippen LogP contribution in [0.2, 0.25) is 0 Å². The molecule has 100 valence electrons. The zero-order chi connectivity index (χ0) is 14.0. The van der Waals surface area contributed by atoms with Crippen LogP contribution in [-0.2, 0) is 4.79 Å². The number of benzene rings is 1. The number of rotatable bonds is 2. The summed E-state index contributed by atoms with van der Waals surface area (Å²) in [4.78, 5) is 16.3. The van der Waals surface area contributed by atoms with E-state index in [0.29, 0.717) is 12.2 Å². The Morgan fingerprint density at radius 3 is 2.74 bits per heavy atom. The van der Waals surface area contributed by atoms with Crippen LogP contribution in [0.1, 0.15) is 27.2 Å². The van der Waals surface area contributed by atoms with Gasteiger partial charge in [-0.1, -0.05) is 42.8 Å². The van der Waals surface area contributed by atoms with E-state index in [1.807, 2.05) is 45.0 Å². The molecule has 0 saturated carbocycles. The predicted octanol–water partition coefficient (Wildman–Crippen LogP) is 4.37. The highest BCUT2D eigenvalue weighted by Gasteiger charge is 2.17. The maximum Gasteiger partial charge on any atom is 0.226 e. The molecule has 0 aliphatic rings. The molecule has 4 heteroatoms. The van der Waals surface area contributed by atoms with Crippen molar-refractivity contribution in [2.45, 2.75) is 27.2 Å². The van der Waals surface area contributed by atoms with E-state index in [9.17, 15) is 4.79 Å². The van der Waals surface area contributed by atoms with E-state index in [-0.39, 0.29) is 11.3 Å². The molecule has 0 aliphatic heterocycles. The van der Waals surface area contributed by atoms with Crippen LogP contribution in [-0.4, -0.2) is 10.9 Å². The van der Waals surface area contributed by atoms with Crippen molar-refractivity contribution in [3.8, 4) is 0 Å². The van der Waals surface area contributed by atoms with Crippen molar-refractivity contribution in [2.75, 3.05) is 5.32 Å². The van der Waals surface area contributed by atoms with Crippen LogP contribution in [0.15, 0.2) is 34.9 Å². The van der Waals surface area contributed by atoms with E-state index >= 15 is 0 Å². The molecule has 0 aliphatic carbocycles. The zero-order valence-corrected chi connectivity index (χ0v) is 12.9. The van der Waals surface area contributed by atoms with Crippen molar-refractivity contribution in [1.82, 2.24) is 4.98 Å². The molecule has 19 heavy (non-hydrogen) atoms. The van der Waals surface area contributed by atoms with E-state index in [4.69, 9.17) is 0 Å². The number of hydrogen-bond acceptors (Lipinski definition) is 2. The number of hydrogen-bond donors (Lipinski definition) is 1. The molecule has 2 aromatic rings. The van der Waals surface area contributed by atoms with Crippen LogP contribution in [0, 0.1) is 5.41 Å². The molecule has 3 nitrogen and oxygen atoms in total. The summed E-state index contributed by atoms with van der Waals surface area (Å²) in [7, 11) is 0. The lowest BCUT2D eigenvalue weighted by atomic mass is 9.92. The predicted molar refractivity (Wildman–Crippen MR) is 82.1 cm³/mol. The number of nitrogens with one attached hydrogen (secondary N) is 1. The third kappa shape index (κ3) is 3.77. The van der Waals surface area contributed by atoms with Crippen molar-refractivity contribution in [2.24, 2.45) is 5.41 Å². The Labute approximate surface area is 121 Å². The lowest BCUT2D eigenvalue weighted by molar-refractivity contribution is -0.117. The number of anilines is 1. The summed E-state index contributed by atoms with van der Waals surface area (Å²) in [6.07, 6.45) is 2.18. The van der Waals surface area contributed by atoms with Gasteiger partial charge in [0, 0.05) is 22.5 Å². The van der Waals surface area contributed by atoms with Gasteiger partial charge in [0.1, 0.15) is 5.82 Å². The standard InChI is InChI=1S/C15H17BrN2O/c1-15(2,3)9-13(19)18-14-12-8-11(16)5-4-10(12)6-7-17-14/h4-8H,9H2,1-3H3,(H,17,18,19). The summed E-state index contributed by atoms with van der Waals surface area (Å²) in [5, 5.41) is 4.90. The summed E-state index contributed by atoms with van der Waals surface area (Å²) in [5.41, 5.74) is -0.0325. The molecule has 0 spiro atoms. The van der Waals surface area contributed by atoms with Gasteiger partial charge in [-0.3, -0.25) is 4.79 Å². The number of aromatic nitrogens is 1. The molecule has 0 atom stereocenters. The van der Waals surface area contributed by atoms with Crippen molar-refractivity contribution in [1.29, 1.82) is 0 Å². The van der Waals surface area contributed by atoms with Crippen molar-refractivity contribution < 1.29 is 4.79 Å². The van der Waals surface area contributed by atoms with Crippen LogP contribution in [0.5, 0.6) is 0 Å². The molecule has 1 aromatic carbocycles. The summed E-state index contributed by atoms with van der Waals surface area (Å²) in [6.45, 7) is 6.12. The fraction of sp³-hybridized carbons (Fsp3) is 0.333. The first-order valence-electron chi connectivity index (χ1n) is 6.19. The van der Waals surface area contributed by atoms with Crippen molar-refractivity contribution in [3.63, 3.8) is 0 Å². The Morgan fingerprint density at radius 2 is 2.05 bits per heavy atom. The lowest BCUT2D eigenvalue weighted by Crippen LogP contribution is -2.20. The second-order valence-corrected chi connectivity index (χ2v) is 6.73. The van der Waals surface area contributed by atoms with E-state index in [1.54, 1.807) is 6.20 Å². The van der Waals surface area contributed by atoms with E-state index in [2.05, 4.69) is 26.2 Å². The molecule has 0 fully saturated rings. The van der Waals surface area contributed by atoms with Gasteiger partial charge in [-0.05, 0) is 29.0 Å². The average molecular weight is 321 g/mol. The average Bonchev–Trinajstić information content (AvgIpc) is 2.27. The molecule has 1 amide bonds. The molecular formula is C15H17BrN2O. The van der Waals surface area contributed by atoms with Gasteiger partial charge in [-0.2, -0.15) is 0 Å². The molecule has 1 N–H and O–H groups in total. The first-order chi connectivity index (χ1) is 8.85.